The number of pyridine rings is 1. The van der Waals surface area contributed by atoms with Crippen molar-refractivity contribution in [3.05, 3.63) is 58.8 Å². The maximum Gasteiger partial charge on any atom is 0.357 e. The zero-order valence-corrected chi connectivity index (χ0v) is 15.8. The lowest BCUT2D eigenvalue weighted by Crippen LogP contribution is -2.24. The summed E-state index contributed by atoms with van der Waals surface area (Å²) in [6, 6.07) is 2.30. The molecule has 4 nitrogen and oxygen atoms in total. The predicted octanol–water partition coefficient (Wildman–Crippen LogP) is 5.30. The first-order valence-electron chi connectivity index (χ1n) is 9.98. The number of anilines is 1. The van der Waals surface area contributed by atoms with Crippen molar-refractivity contribution in [2.45, 2.75) is 51.5 Å². The van der Waals surface area contributed by atoms with Gasteiger partial charge in [-0.25, -0.2) is 9.78 Å². The second kappa shape index (κ2) is 7.95. The summed E-state index contributed by atoms with van der Waals surface area (Å²) in [5, 5.41) is 3.63. The van der Waals surface area contributed by atoms with Gasteiger partial charge < -0.3 is 10.1 Å². The SMILES string of the molecule is CCOC(=O)c1cc2c(c(NC3CCCCC3)n1)C=CC1=CC=CC=C2C1. The highest BCUT2D eigenvalue weighted by Gasteiger charge is 2.23. The van der Waals surface area contributed by atoms with Crippen molar-refractivity contribution in [2.24, 2.45) is 0 Å². The van der Waals surface area contributed by atoms with E-state index in [2.05, 4.69) is 46.8 Å². The summed E-state index contributed by atoms with van der Waals surface area (Å²) in [5.41, 5.74) is 4.97. The van der Waals surface area contributed by atoms with Gasteiger partial charge in [0, 0.05) is 11.6 Å². The third kappa shape index (κ3) is 3.90. The number of esters is 1. The highest BCUT2D eigenvalue weighted by molar-refractivity contribution is 5.93. The zero-order chi connectivity index (χ0) is 18.6. The van der Waals surface area contributed by atoms with E-state index in [1.165, 1.54) is 30.4 Å². The number of rotatable bonds is 4. The number of ether oxygens (including phenoxy) is 1. The lowest BCUT2D eigenvalue weighted by molar-refractivity contribution is 0.0519. The smallest absolute Gasteiger partial charge is 0.357 e. The van der Waals surface area contributed by atoms with Crippen LogP contribution in [0.1, 0.15) is 67.1 Å². The Balaban J connectivity index is 1.80. The predicted molar refractivity (Wildman–Crippen MR) is 110 cm³/mol. The van der Waals surface area contributed by atoms with Crippen molar-refractivity contribution in [2.75, 3.05) is 11.9 Å². The van der Waals surface area contributed by atoms with Crippen molar-refractivity contribution in [3.8, 4) is 0 Å². The molecule has 1 aromatic rings. The van der Waals surface area contributed by atoms with Gasteiger partial charge in [0.25, 0.3) is 0 Å². The normalized spacial score (nSPS) is 18.7. The molecule has 0 atom stereocenters. The summed E-state index contributed by atoms with van der Waals surface area (Å²) in [6.45, 7) is 2.17. The van der Waals surface area contributed by atoms with E-state index in [0.29, 0.717) is 18.3 Å². The molecule has 4 heteroatoms. The zero-order valence-electron chi connectivity index (χ0n) is 15.8. The molecular weight excluding hydrogens is 336 g/mol. The Bertz CT molecular complexity index is 855. The molecule has 0 aliphatic heterocycles. The molecule has 0 aromatic carbocycles. The first-order valence-corrected chi connectivity index (χ1v) is 9.98. The highest BCUT2D eigenvalue weighted by atomic mass is 16.5. The fourth-order valence-electron chi connectivity index (χ4n) is 4.03. The first-order chi connectivity index (χ1) is 13.2. The Kier molecular flexibility index (Phi) is 5.23. The number of allylic oxidation sites excluding steroid dienone is 7. The summed E-state index contributed by atoms with van der Waals surface area (Å²) in [6.07, 6.45) is 19.6. The second-order valence-electron chi connectivity index (χ2n) is 7.35. The molecule has 2 bridgehead atoms. The maximum atomic E-state index is 12.4. The van der Waals surface area contributed by atoms with Crippen LogP contribution in [0.15, 0.2) is 42.0 Å². The quantitative estimate of drug-likeness (QED) is 0.739. The van der Waals surface area contributed by atoms with Crippen molar-refractivity contribution in [3.63, 3.8) is 0 Å². The number of hydrogen-bond donors (Lipinski definition) is 1. The van der Waals surface area contributed by atoms with Crippen LogP contribution in [0.2, 0.25) is 0 Å². The minimum atomic E-state index is -0.360. The maximum absolute atomic E-state index is 12.4. The average molecular weight is 362 g/mol. The molecule has 3 aliphatic rings. The number of carbonyl (C=O) groups excluding carboxylic acids is 1. The van der Waals surface area contributed by atoms with E-state index >= 15 is 0 Å². The van der Waals surface area contributed by atoms with Crippen molar-refractivity contribution < 1.29 is 9.53 Å². The topological polar surface area (TPSA) is 51.2 Å². The van der Waals surface area contributed by atoms with Gasteiger partial charge in [-0.15, -0.1) is 0 Å². The first kappa shape index (κ1) is 17.8. The third-order valence-corrected chi connectivity index (χ3v) is 5.41. The van der Waals surface area contributed by atoms with Gasteiger partial charge in [-0.1, -0.05) is 55.7 Å². The fourth-order valence-corrected chi connectivity index (χ4v) is 4.03. The van der Waals surface area contributed by atoms with Gasteiger partial charge in [0.05, 0.1) is 6.61 Å². The minimum Gasteiger partial charge on any atom is -0.461 e. The molecule has 27 heavy (non-hydrogen) atoms. The van der Waals surface area contributed by atoms with Gasteiger partial charge in [-0.05, 0) is 49.0 Å². The van der Waals surface area contributed by atoms with Crippen LogP contribution >= 0.6 is 0 Å². The molecule has 0 unspecified atom stereocenters. The van der Waals surface area contributed by atoms with E-state index < -0.39 is 0 Å². The van der Waals surface area contributed by atoms with Crippen LogP contribution < -0.4 is 5.32 Å². The Morgan fingerprint density at radius 3 is 2.81 bits per heavy atom. The molecule has 0 spiro atoms. The van der Waals surface area contributed by atoms with Crippen LogP contribution in [0.5, 0.6) is 0 Å². The molecule has 0 radical (unpaired) electrons. The molecule has 1 aromatic heterocycles. The third-order valence-electron chi connectivity index (χ3n) is 5.41. The van der Waals surface area contributed by atoms with Crippen LogP contribution in [0.3, 0.4) is 0 Å². The number of nitrogens with zero attached hydrogens (tertiary/aromatic N) is 1. The Labute approximate surface area is 160 Å². The molecule has 0 saturated heterocycles. The molecule has 0 amide bonds. The van der Waals surface area contributed by atoms with E-state index in [-0.39, 0.29) is 5.97 Å². The van der Waals surface area contributed by atoms with Gasteiger partial charge in [-0.3, -0.25) is 0 Å². The molecule has 1 saturated carbocycles. The van der Waals surface area contributed by atoms with Crippen LogP contribution in [-0.4, -0.2) is 23.6 Å². The molecule has 3 aliphatic carbocycles. The van der Waals surface area contributed by atoms with Gasteiger partial charge >= 0.3 is 5.97 Å². The number of nitrogens with one attached hydrogen (secondary N) is 1. The monoisotopic (exact) mass is 362 g/mol. The summed E-state index contributed by atoms with van der Waals surface area (Å²) in [5.74, 6) is 0.441. The summed E-state index contributed by atoms with van der Waals surface area (Å²) >= 11 is 0. The standard InChI is InChI=1S/C23H26N2O2/c1-2-27-23(26)21-15-20-17-9-7-6-8-16(14-17)12-13-19(20)22(25-21)24-18-10-4-3-5-11-18/h6-9,12-13,15,18H,2-5,10-11,14H2,1H3,(H,24,25). The summed E-state index contributed by atoms with van der Waals surface area (Å²) in [7, 11) is 0. The molecule has 1 N–H and O–H groups in total. The molecule has 1 heterocycles. The van der Waals surface area contributed by atoms with Crippen molar-refractivity contribution in [1.82, 2.24) is 4.98 Å². The molecular formula is C23H26N2O2. The van der Waals surface area contributed by atoms with E-state index in [1.807, 2.05) is 13.0 Å². The van der Waals surface area contributed by atoms with Crippen LogP contribution in [0, 0.1) is 0 Å². The van der Waals surface area contributed by atoms with E-state index in [1.54, 1.807) is 0 Å². The van der Waals surface area contributed by atoms with Crippen molar-refractivity contribution in [1.29, 1.82) is 0 Å². The van der Waals surface area contributed by atoms with Gasteiger partial charge in [0.15, 0.2) is 5.69 Å². The fraction of sp³-hybridized carbons (Fsp3) is 0.391. The molecule has 140 valence electrons. The van der Waals surface area contributed by atoms with E-state index in [4.69, 9.17) is 4.74 Å². The van der Waals surface area contributed by atoms with E-state index in [9.17, 15) is 4.79 Å². The molecule has 1 fully saturated rings. The van der Waals surface area contributed by atoms with E-state index in [0.717, 1.165) is 36.2 Å². The summed E-state index contributed by atoms with van der Waals surface area (Å²) in [4.78, 5) is 17.1. The van der Waals surface area contributed by atoms with Gasteiger partial charge in [0.1, 0.15) is 5.82 Å². The lowest BCUT2D eigenvalue weighted by Gasteiger charge is -2.25. The number of carbonyl (C=O) groups is 1. The van der Waals surface area contributed by atoms with Crippen LogP contribution in [-0.2, 0) is 4.74 Å². The number of hydrogen-bond acceptors (Lipinski definition) is 4. The van der Waals surface area contributed by atoms with Crippen LogP contribution in [0.25, 0.3) is 11.6 Å². The minimum absolute atomic E-state index is 0.348. The average Bonchev–Trinajstić information content (AvgIpc) is 3.03. The Hall–Kier alpha value is -2.62. The Morgan fingerprint density at radius 2 is 2.00 bits per heavy atom. The molecule has 4 rings (SSSR count). The second-order valence-corrected chi connectivity index (χ2v) is 7.35. The Morgan fingerprint density at radius 1 is 1.19 bits per heavy atom. The van der Waals surface area contributed by atoms with Crippen molar-refractivity contribution >= 4 is 23.4 Å². The highest BCUT2D eigenvalue weighted by Crippen LogP contribution is 2.36. The van der Waals surface area contributed by atoms with Gasteiger partial charge in [0.2, 0.25) is 0 Å². The number of aromatic nitrogens is 1. The van der Waals surface area contributed by atoms with Gasteiger partial charge in [-0.2, -0.15) is 0 Å². The number of fused-ring (bicyclic) bond motifs is 4. The summed E-state index contributed by atoms with van der Waals surface area (Å²) < 4.78 is 5.23. The lowest BCUT2D eigenvalue weighted by atomic mass is 9.94. The van der Waals surface area contributed by atoms with Crippen LogP contribution in [0.4, 0.5) is 5.82 Å². The largest absolute Gasteiger partial charge is 0.461 e.